The number of likely N-dealkylation sites (N-methyl/N-ethyl adjacent to an activating group) is 1. The molecule has 1 atom stereocenters. The molecule has 0 spiro atoms. The van der Waals surface area contributed by atoms with Crippen LogP contribution in [0, 0.1) is 6.92 Å². The summed E-state index contributed by atoms with van der Waals surface area (Å²) in [5, 5.41) is 15.3. The minimum atomic E-state index is -0.0704. The summed E-state index contributed by atoms with van der Waals surface area (Å²) in [6.07, 6.45) is 0. The number of aromatic hydroxyl groups is 1. The molecule has 1 unspecified atom stereocenters. The molecular formula is C12H18N2O2. The molecule has 1 amide bonds. The summed E-state index contributed by atoms with van der Waals surface area (Å²) in [6, 6.07) is 5.38. The number of phenolic OH excluding ortho intramolecular Hbond substituents is 1. The Bertz CT molecular complexity index is 377. The van der Waals surface area contributed by atoms with Crippen LogP contribution in [0.5, 0.6) is 5.75 Å². The Morgan fingerprint density at radius 1 is 1.50 bits per heavy atom. The molecule has 0 heterocycles. The number of phenols is 1. The highest BCUT2D eigenvalue weighted by Crippen LogP contribution is 2.24. The number of benzene rings is 1. The summed E-state index contributed by atoms with van der Waals surface area (Å²) in [7, 11) is 1.60. The van der Waals surface area contributed by atoms with E-state index in [0.717, 1.165) is 11.1 Å². The number of carbonyl (C=O) groups is 1. The fourth-order valence-corrected chi connectivity index (χ4v) is 1.46. The van der Waals surface area contributed by atoms with Crippen molar-refractivity contribution in [3.8, 4) is 5.75 Å². The van der Waals surface area contributed by atoms with Crippen LogP contribution in [0.1, 0.15) is 24.1 Å². The second kappa shape index (κ2) is 5.51. The second-order valence-corrected chi connectivity index (χ2v) is 3.84. The quantitative estimate of drug-likeness (QED) is 0.715. The van der Waals surface area contributed by atoms with E-state index in [1.807, 2.05) is 26.0 Å². The van der Waals surface area contributed by atoms with Crippen molar-refractivity contribution < 1.29 is 9.90 Å². The lowest BCUT2D eigenvalue weighted by Gasteiger charge is -2.15. The Hall–Kier alpha value is -1.55. The number of carbonyl (C=O) groups excluding carboxylic acids is 1. The molecule has 0 aliphatic carbocycles. The van der Waals surface area contributed by atoms with Crippen LogP contribution in [0.25, 0.3) is 0 Å². The monoisotopic (exact) mass is 222 g/mol. The summed E-state index contributed by atoms with van der Waals surface area (Å²) in [4.78, 5) is 11.1. The van der Waals surface area contributed by atoms with Gasteiger partial charge in [-0.05, 0) is 19.9 Å². The number of aryl methyl sites for hydroxylation is 1. The second-order valence-electron chi connectivity index (χ2n) is 3.84. The lowest BCUT2D eigenvalue weighted by molar-refractivity contribution is -0.119. The van der Waals surface area contributed by atoms with Gasteiger partial charge in [-0.2, -0.15) is 0 Å². The van der Waals surface area contributed by atoms with Crippen LogP contribution in [0.4, 0.5) is 0 Å². The lowest BCUT2D eigenvalue weighted by atomic mass is 10.0. The molecule has 1 rings (SSSR count). The van der Waals surface area contributed by atoms with Gasteiger partial charge in [0.25, 0.3) is 0 Å². The van der Waals surface area contributed by atoms with E-state index >= 15 is 0 Å². The van der Waals surface area contributed by atoms with Gasteiger partial charge in [-0.3, -0.25) is 4.79 Å². The maximum Gasteiger partial charge on any atom is 0.233 e. The number of nitrogens with one attached hydrogen (secondary N) is 2. The van der Waals surface area contributed by atoms with Crippen LogP contribution in [-0.2, 0) is 4.79 Å². The van der Waals surface area contributed by atoms with Crippen molar-refractivity contribution in [1.29, 1.82) is 0 Å². The van der Waals surface area contributed by atoms with Crippen molar-refractivity contribution in [3.63, 3.8) is 0 Å². The van der Waals surface area contributed by atoms with E-state index < -0.39 is 0 Å². The highest BCUT2D eigenvalue weighted by Gasteiger charge is 2.10. The Kier molecular flexibility index (Phi) is 4.31. The fourth-order valence-electron chi connectivity index (χ4n) is 1.46. The van der Waals surface area contributed by atoms with Gasteiger partial charge in [0.1, 0.15) is 5.75 Å². The Morgan fingerprint density at radius 3 is 2.81 bits per heavy atom. The number of hydrogen-bond acceptors (Lipinski definition) is 3. The van der Waals surface area contributed by atoms with Crippen molar-refractivity contribution in [2.75, 3.05) is 13.6 Å². The van der Waals surface area contributed by atoms with E-state index in [9.17, 15) is 9.90 Å². The lowest BCUT2D eigenvalue weighted by Crippen LogP contribution is -2.32. The van der Waals surface area contributed by atoms with E-state index in [1.165, 1.54) is 0 Å². The highest BCUT2D eigenvalue weighted by molar-refractivity contribution is 5.77. The normalized spacial score (nSPS) is 12.2. The van der Waals surface area contributed by atoms with Crippen molar-refractivity contribution in [2.45, 2.75) is 19.9 Å². The van der Waals surface area contributed by atoms with Gasteiger partial charge < -0.3 is 15.7 Å². The standard InChI is InChI=1S/C12H18N2O2/c1-8-4-5-11(15)10(6-8)9(2)14-7-12(16)13-3/h4-6,9,14-15H,7H2,1-3H3,(H,13,16). The SMILES string of the molecule is CNC(=O)CNC(C)c1cc(C)ccc1O. The highest BCUT2D eigenvalue weighted by atomic mass is 16.3. The Labute approximate surface area is 95.7 Å². The summed E-state index contributed by atoms with van der Waals surface area (Å²) in [6.45, 7) is 4.12. The first-order valence-electron chi connectivity index (χ1n) is 5.28. The molecule has 0 aliphatic rings. The van der Waals surface area contributed by atoms with Crippen molar-refractivity contribution in [3.05, 3.63) is 29.3 Å². The summed E-state index contributed by atoms with van der Waals surface area (Å²) in [5.74, 6) is 0.182. The molecule has 1 aromatic carbocycles. The molecule has 0 aromatic heterocycles. The van der Waals surface area contributed by atoms with Gasteiger partial charge >= 0.3 is 0 Å². The maximum atomic E-state index is 11.1. The predicted octanol–water partition coefficient (Wildman–Crippen LogP) is 1.10. The first kappa shape index (κ1) is 12.5. The molecule has 0 saturated carbocycles. The first-order valence-corrected chi connectivity index (χ1v) is 5.28. The van der Waals surface area contributed by atoms with Crippen LogP contribution >= 0.6 is 0 Å². The maximum absolute atomic E-state index is 11.1. The van der Waals surface area contributed by atoms with E-state index in [2.05, 4.69) is 10.6 Å². The molecule has 1 aromatic rings. The summed E-state index contributed by atoms with van der Waals surface area (Å²) in [5.41, 5.74) is 1.89. The minimum Gasteiger partial charge on any atom is -0.508 e. The molecular weight excluding hydrogens is 204 g/mol. The third-order valence-corrected chi connectivity index (χ3v) is 2.50. The zero-order valence-corrected chi connectivity index (χ0v) is 9.87. The molecule has 88 valence electrons. The third-order valence-electron chi connectivity index (χ3n) is 2.50. The molecule has 0 saturated heterocycles. The van der Waals surface area contributed by atoms with E-state index in [-0.39, 0.29) is 24.2 Å². The van der Waals surface area contributed by atoms with Gasteiger partial charge in [0.05, 0.1) is 6.54 Å². The summed E-state index contributed by atoms with van der Waals surface area (Å²) >= 11 is 0. The summed E-state index contributed by atoms with van der Waals surface area (Å²) < 4.78 is 0. The molecule has 4 heteroatoms. The topological polar surface area (TPSA) is 61.4 Å². The van der Waals surface area contributed by atoms with Crippen LogP contribution in [0.2, 0.25) is 0 Å². The molecule has 0 bridgehead atoms. The van der Waals surface area contributed by atoms with Gasteiger partial charge in [0.2, 0.25) is 5.91 Å². The average molecular weight is 222 g/mol. The number of rotatable bonds is 4. The Balaban J connectivity index is 2.68. The van der Waals surface area contributed by atoms with Gasteiger partial charge in [-0.25, -0.2) is 0 Å². The molecule has 0 aliphatic heterocycles. The Morgan fingerprint density at radius 2 is 2.19 bits per heavy atom. The van der Waals surface area contributed by atoms with Crippen LogP contribution in [0.3, 0.4) is 0 Å². The average Bonchev–Trinajstić information content (AvgIpc) is 2.28. The van der Waals surface area contributed by atoms with Crippen LogP contribution < -0.4 is 10.6 Å². The van der Waals surface area contributed by atoms with Crippen LogP contribution in [0.15, 0.2) is 18.2 Å². The molecule has 0 fully saturated rings. The number of amides is 1. The zero-order chi connectivity index (χ0) is 12.1. The van der Waals surface area contributed by atoms with Gasteiger partial charge in [-0.1, -0.05) is 17.7 Å². The first-order chi connectivity index (χ1) is 7.54. The molecule has 4 nitrogen and oxygen atoms in total. The smallest absolute Gasteiger partial charge is 0.233 e. The van der Waals surface area contributed by atoms with Gasteiger partial charge in [-0.15, -0.1) is 0 Å². The van der Waals surface area contributed by atoms with Crippen molar-refractivity contribution in [2.24, 2.45) is 0 Å². The predicted molar refractivity (Wildman–Crippen MR) is 63.3 cm³/mol. The van der Waals surface area contributed by atoms with E-state index in [0.29, 0.717) is 0 Å². The van der Waals surface area contributed by atoms with E-state index in [4.69, 9.17) is 0 Å². The van der Waals surface area contributed by atoms with E-state index in [1.54, 1.807) is 13.1 Å². The fraction of sp³-hybridized carbons (Fsp3) is 0.417. The van der Waals surface area contributed by atoms with Crippen LogP contribution in [-0.4, -0.2) is 24.6 Å². The van der Waals surface area contributed by atoms with Gasteiger partial charge in [0, 0.05) is 18.7 Å². The zero-order valence-electron chi connectivity index (χ0n) is 9.87. The largest absolute Gasteiger partial charge is 0.508 e. The molecule has 3 N–H and O–H groups in total. The molecule has 16 heavy (non-hydrogen) atoms. The van der Waals surface area contributed by atoms with Crippen molar-refractivity contribution >= 4 is 5.91 Å². The molecule has 0 radical (unpaired) electrons. The van der Waals surface area contributed by atoms with Crippen molar-refractivity contribution in [1.82, 2.24) is 10.6 Å². The van der Waals surface area contributed by atoms with Gasteiger partial charge in [0.15, 0.2) is 0 Å². The third kappa shape index (κ3) is 3.24. The minimum absolute atomic E-state index is 0.0581. The number of hydrogen-bond donors (Lipinski definition) is 3.